The van der Waals surface area contributed by atoms with Gasteiger partial charge in [0.25, 0.3) is 5.69 Å². The molecule has 0 aliphatic carbocycles. The lowest BCUT2D eigenvalue weighted by molar-refractivity contribution is -0.385. The fourth-order valence-corrected chi connectivity index (χ4v) is 1.99. The van der Waals surface area contributed by atoms with Gasteiger partial charge in [0, 0.05) is 23.2 Å². The number of halogens is 1. The Morgan fingerprint density at radius 2 is 2.15 bits per heavy atom. The molecule has 1 heterocycles. The summed E-state index contributed by atoms with van der Waals surface area (Å²) in [6.45, 7) is 4.42. The monoisotopic (exact) mass is 295 g/mol. The summed E-state index contributed by atoms with van der Waals surface area (Å²) in [5.41, 5.74) is 1.42. The Morgan fingerprint density at radius 1 is 1.40 bits per heavy atom. The topological polar surface area (TPSA) is 81.2 Å². The number of nitro groups is 1. The number of rotatable bonds is 5. The Labute approximate surface area is 120 Å². The largest absolute Gasteiger partial charge is 0.444 e. The summed E-state index contributed by atoms with van der Waals surface area (Å²) < 4.78 is 5.42. The molecule has 0 saturated heterocycles. The predicted molar refractivity (Wildman–Crippen MR) is 74.6 cm³/mol. The van der Waals surface area contributed by atoms with Crippen molar-refractivity contribution >= 4 is 17.3 Å². The average molecular weight is 296 g/mol. The average Bonchev–Trinajstić information content (AvgIpc) is 2.68. The van der Waals surface area contributed by atoms with Crippen molar-refractivity contribution in [3.63, 3.8) is 0 Å². The van der Waals surface area contributed by atoms with Crippen LogP contribution in [0.25, 0.3) is 0 Å². The summed E-state index contributed by atoms with van der Waals surface area (Å²) in [4.78, 5) is 14.7. The Hall–Kier alpha value is -1.92. The summed E-state index contributed by atoms with van der Waals surface area (Å²) in [7, 11) is 0. The number of oxazole rings is 1. The van der Waals surface area contributed by atoms with Gasteiger partial charge in [0.1, 0.15) is 5.76 Å². The quantitative estimate of drug-likeness (QED) is 0.677. The zero-order valence-corrected chi connectivity index (χ0v) is 11.9. The zero-order valence-electron chi connectivity index (χ0n) is 11.1. The van der Waals surface area contributed by atoms with Gasteiger partial charge in [-0.05, 0) is 26.0 Å². The van der Waals surface area contributed by atoms with E-state index < -0.39 is 4.92 Å². The zero-order chi connectivity index (χ0) is 14.7. The van der Waals surface area contributed by atoms with Gasteiger partial charge in [-0.2, -0.15) is 0 Å². The van der Waals surface area contributed by atoms with Gasteiger partial charge in [0.2, 0.25) is 5.89 Å². The van der Waals surface area contributed by atoms with E-state index in [0.717, 1.165) is 11.5 Å². The molecule has 2 rings (SSSR count). The molecule has 0 amide bonds. The number of hydrogen-bond acceptors (Lipinski definition) is 5. The van der Waals surface area contributed by atoms with Crippen LogP contribution in [0.15, 0.2) is 22.6 Å². The highest BCUT2D eigenvalue weighted by Gasteiger charge is 2.14. The number of nitrogens with one attached hydrogen (secondary N) is 1. The molecule has 20 heavy (non-hydrogen) atoms. The minimum Gasteiger partial charge on any atom is -0.444 e. The van der Waals surface area contributed by atoms with Crippen LogP contribution < -0.4 is 5.32 Å². The molecule has 0 unspecified atom stereocenters. The first-order chi connectivity index (χ1) is 9.47. The minimum atomic E-state index is -0.424. The highest BCUT2D eigenvalue weighted by molar-refractivity contribution is 6.30. The SMILES string of the molecule is Cc1nc(CNCc2cc(Cl)ccc2[N+](=O)[O-])oc1C. The molecular formula is C13H14ClN3O3. The van der Waals surface area contributed by atoms with Crippen molar-refractivity contribution < 1.29 is 9.34 Å². The maximum atomic E-state index is 10.9. The first kappa shape index (κ1) is 14.5. The third-order valence-corrected chi connectivity index (χ3v) is 3.14. The highest BCUT2D eigenvalue weighted by Crippen LogP contribution is 2.22. The van der Waals surface area contributed by atoms with Crippen LogP contribution in [0.5, 0.6) is 0 Å². The molecule has 0 bridgehead atoms. The Morgan fingerprint density at radius 3 is 2.75 bits per heavy atom. The van der Waals surface area contributed by atoms with E-state index in [1.807, 2.05) is 13.8 Å². The molecule has 0 radical (unpaired) electrons. The van der Waals surface area contributed by atoms with Gasteiger partial charge in [-0.25, -0.2) is 4.98 Å². The summed E-state index contributed by atoms with van der Waals surface area (Å²) >= 11 is 5.86. The Balaban J connectivity index is 2.03. The van der Waals surface area contributed by atoms with Crippen molar-refractivity contribution in [2.24, 2.45) is 0 Å². The number of aryl methyl sites for hydroxylation is 2. The van der Waals surface area contributed by atoms with Crippen LogP contribution in [0.2, 0.25) is 5.02 Å². The summed E-state index contributed by atoms with van der Waals surface area (Å²) in [6, 6.07) is 4.49. The molecule has 0 aliphatic rings. The third kappa shape index (κ3) is 3.34. The normalized spacial score (nSPS) is 10.8. The number of hydrogen-bond donors (Lipinski definition) is 1. The van der Waals surface area contributed by atoms with Crippen LogP contribution >= 0.6 is 11.6 Å². The number of aromatic nitrogens is 1. The molecule has 0 spiro atoms. The lowest BCUT2D eigenvalue weighted by atomic mass is 10.2. The van der Waals surface area contributed by atoms with E-state index in [-0.39, 0.29) is 5.69 Å². The molecule has 106 valence electrons. The van der Waals surface area contributed by atoms with Crippen molar-refractivity contribution in [1.82, 2.24) is 10.3 Å². The molecule has 6 nitrogen and oxygen atoms in total. The lowest BCUT2D eigenvalue weighted by Crippen LogP contribution is -2.14. The molecule has 0 saturated carbocycles. The summed E-state index contributed by atoms with van der Waals surface area (Å²) in [5, 5.41) is 14.4. The molecular weight excluding hydrogens is 282 g/mol. The smallest absolute Gasteiger partial charge is 0.273 e. The fraction of sp³-hybridized carbons (Fsp3) is 0.308. The van der Waals surface area contributed by atoms with Crippen molar-refractivity contribution in [1.29, 1.82) is 0 Å². The molecule has 0 fully saturated rings. The van der Waals surface area contributed by atoms with Crippen molar-refractivity contribution in [2.75, 3.05) is 0 Å². The van der Waals surface area contributed by atoms with E-state index in [1.165, 1.54) is 12.1 Å². The van der Waals surface area contributed by atoms with Crippen LogP contribution in [0, 0.1) is 24.0 Å². The Bertz CT molecular complexity index is 620. The van der Waals surface area contributed by atoms with Gasteiger partial charge in [-0.15, -0.1) is 0 Å². The molecule has 1 aromatic carbocycles. The second kappa shape index (κ2) is 6.02. The van der Waals surface area contributed by atoms with Crippen molar-refractivity contribution in [2.45, 2.75) is 26.9 Å². The van der Waals surface area contributed by atoms with Gasteiger partial charge in [-0.3, -0.25) is 10.1 Å². The molecule has 0 aliphatic heterocycles. The minimum absolute atomic E-state index is 0.0432. The van der Waals surface area contributed by atoms with Crippen molar-refractivity contribution in [3.05, 3.63) is 56.2 Å². The third-order valence-electron chi connectivity index (χ3n) is 2.90. The lowest BCUT2D eigenvalue weighted by Gasteiger charge is -2.04. The van der Waals surface area contributed by atoms with E-state index in [9.17, 15) is 10.1 Å². The van der Waals surface area contributed by atoms with E-state index >= 15 is 0 Å². The van der Waals surface area contributed by atoms with E-state index in [4.69, 9.17) is 16.0 Å². The molecule has 7 heteroatoms. The summed E-state index contributed by atoms with van der Waals surface area (Å²) in [6.07, 6.45) is 0. The number of benzene rings is 1. The van der Waals surface area contributed by atoms with Crippen LogP contribution in [0.3, 0.4) is 0 Å². The number of nitro benzene ring substituents is 1. The van der Waals surface area contributed by atoms with Crippen molar-refractivity contribution in [3.8, 4) is 0 Å². The molecule has 2 aromatic rings. The fourth-order valence-electron chi connectivity index (χ4n) is 1.79. The predicted octanol–water partition coefficient (Wildman–Crippen LogP) is 3.14. The van der Waals surface area contributed by atoms with Gasteiger partial charge < -0.3 is 9.73 Å². The van der Waals surface area contributed by atoms with Crippen LogP contribution in [-0.4, -0.2) is 9.91 Å². The maximum absolute atomic E-state index is 10.9. The maximum Gasteiger partial charge on any atom is 0.273 e. The first-order valence-electron chi connectivity index (χ1n) is 6.04. The number of nitrogens with zero attached hydrogens (tertiary/aromatic N) is 2. The second-order valence-electron chi connectivity index (χ2n) is 4.38. The van der Waals surface area contributed by atoms with Gasteiger partial charge >= 0.3 is 0 Å². The van der Waals surface area contributed by atoms with Gasteiger partial charge in [0.15, 0.2) is 0 Å². The molecule has 1 aromatic heterocycles. The van der Waals surface area contributed by atoms with Gasteiger partial charge in [-0.1, -0.05) is 11.6 Å². The van der Waals surface area contributed by atoms with Crippen LogP contribution in [0.1, 0.15) is 22.9 Å². The first-order valence-corrected chi connectivity index (χ1v) is 6.41. The Kier molecular flexibility index (Phi) is 4.36. The molecule has 0 atom stereocenters. The second-order valence-corrected chi connectivity index (χ2v) is 4.82. The van der Waals surface area contributed by atoms with Gasteiger partial charge in [0.05, 0.1) is 17.2 Å². The standard InChI is InChI=1S/C13H14ClN3O3/c1-8-9(2)20-13(16-8)7-15-6-10-5-11(14)3-4-12(10)17(18)19/h3-5,15H,6-7H2,1-2H3. The molecule has 1 N–H and O–H groups in total. The van der Waals surface area contributed by atoms with E-state index in [2.05, 4.69) is 10.3 Å². The van der Waals surface area contributed by atoms with E-state index in [1.54, 1.807) is 6.07 Å². The van der Waals surface area contributed by atoms with Crippen LogP contribution in [-0.2, 0) is 13.1 Å². The summed E-state index contributed by atoms with van der Waals surface area (Å²) in [5.74, 6) is 1.33. The highest BCUT2D eigenvalue weighted by atomic mass is 35.5. The van der Waals surface area contributed by atoms with Crippen LogP contribution in [0.4, 0.5) is 5.69 Å². The van der Waals surface area contributed by atoms with E-state index in [0.29, 0.717) is 29.6 Å².